The molecular weight excluding hydrogens is 372 g/mol. The van der Waals surface area contributed by atoms with Crippen molar-refractivity contribution in [3.63, 3.8) is 0 Å². The van der Waals surface area contributed by atoms with Crippen LogP contribution < -0.4 is 18.9 Å². The fraction of sp³-hybridized carbons (Fsp3) is 0.278. The molecule has 1 aliphatic heterocycles. The lowest BCUT2D eigenvalue weighted by Crippen LogP contribution is -2.27. The van der Waals surface area contributed by atoms with Gasteiger partial charge in [-0.3, -0.25) is 9.52 Å². The number of benzene rings is 2. The van der Waals surface area contributed by atoms with Gasteiger partial charge in [-0.1, -0.05) is 0 Å². The maximum Gasteiger partial charge on any atom is 0.261 e. The standard InChI is InChI=1S/C18H20N2O6S/c1-20(2)18(21)12-26-14-4-6-15(7-5-14)27(22,23)19-13-3-8-16-17(11-13)25-10-9-24-16/h3-8,11,19H,9-10,12H2,1-2H3. The normalized spacial score (nSPS) is 13.0. The molecule has 0 aliphatic carbocycles. The van der Waals surface area contributed by atoms with Gasteiger partial charge in [0.25, 0.3) is 15.9 Å². The Bertz CT molecular complexity index is 925. The SMILES string of the molecule is CN(C)C(=O)COc1ccc(S(=O)(=O)Nc2ccc3c(c2)OCCO3)cc1. The van der Waals surface area contributed by atoms with Crippen molar-refractivity contribution in [3.8, 4) is 17.2 Å². The van der Waals surface area contributed by atoms with Gasteiger partial charge in [0.1, 0.15) is 19.0 Å². The van der Waals surface area contributed by atoms with Crippen LogP contribution in [0.25, 0.3) is 0 Å². The molecule has 0 saturated carbocycles. The van der Waals surface area contributed by atoms with Gasteiger partial charge in [0.15, 0.2) is 18.1 Å². The summed E-state index contributed by atoms with van der Waals surface area (Å²) in [4.78, 5) is 13.0. The highest BCUT2D eigenvalue weighted by Gasteiger charge is 2.17. The van der Waals surface area contributed by atoms with Crippen LogP contribution in [0, 0.1) is 0 Å². The molecule has 9 heteroatoms. The Balaban J connectivity index is 1.69. The molecule has 8 nitrogen and oxygen atoms in total. The lowest BCUT2D eigenvalue weighted by atomic mass is 10.3. The highest BCUT2D eigenvalue weighted by atomic mass is 32.2. The van der Waals surface area contributed by atoms with Crippen molar-refractivity contribution in [3.05, 3.63) is 42.5 Å². The van der Waals surface area contributed by atoms with Gasteiger partial charge in [0, 0.05) is 20.2 Å². The second-order valence-corrected chi connectivity index (χ2v) is 7.69. The number of carbonyl (C=O) groups is 1. The molecule has 0 aromatic heterocycles. The summed E-state index contributed by atoms with van der Waals surface area (Å²) in [7, 11) is -0.519. The zero-order valence-corrected chi connectivity index (χ0v) is 15.8. The highest BCUT2D eigenvalue weighted by Crippen LogP contribution is 2.33. The molecule has 0 bridgehead atoms. The number of likely N-dealkylation sites (N-methyl/N-ethyl adjacent to an activating group) is 1. The molecule has 1 N–H and O–H groups in total. The van der Waals surface area contributed by atoms with E-state index in [0.29, 0.717) is 36.1 Å². The van der Waals surface area contributed by atoms with Crippen LogP contribution in [0.15, 0.2) is 47.4 Å². The predicted molar refractivity (Wildman–Crippen MR) is 98.9 cm³/mol. The number of rotatable bonds is 6. The summed E-state index contributed by atoms with van der Waals surface area (Å²) in [6.45, 7) is 0.766. The second-order valence-electron chi connectivity index (χ2n) is 6.01. The monoisotopic (exact) mass is 392 g/mol. The van der Waals surface area contributed by atoms with Gasteiger partial charge in [-0.05, 0) is 36.4 Å². The summed E-state index contributed by atoms with van der Waals surface area (Å²) < 4.78 is 43.8. The Morgan fingerprint density at radius 1 is 1.07 bits per heavy atom. The van der Waals surface area contributed by atoms with E-state index >= 15 is 0 Å². The molecule has 1 aliphatic rings. The van der Waals surface area contributed by atoms with E-state index in [0.717, 1.165) is 0 Å². The maximum absolute atomic E-state index is 12.6. The lowest BCUT2D eigenvalue weighted by Gasteiger charge is -2.19. The summed E-state index contributed by atoms with van der Waals surface area (Å²) >= 11 is 0. The molecule has 0 radical (unpaired) electrons. The van der Waals surface area contributed by atoms with Crippen LogP contribution in [0.5, 0.6) is 17.2 Å². The topological polar surface area (TPSA) is 94.2 Å². The van der Waals surface area contributed by atoms with Gasteiger partial charge < -0.3 is 19.1 Å². The van der Waals surface area contributed by atoms with Crippen LogP contribution >= 0.6 is 0 Å². The third-order valence-corrected chi connectivity index (χ3v) is 5.19. The van der Waals surface area contributed by atoms with Crippen molar-refractivity contribution in [2.45, 2.75) is 4.90 Å². The van der Waals surface area contributed by atoms with Crippen LogP contribution in [-0.2, 0) is 14.8 Å². The first-order valence-corrected chi connectivity index (χ1v) is 9.69. The van der Waals surface area contributed by atoms with Crippen molar-refractivity contribution in [1.82, 2.24) is 4.90 Å². The number of hydrogen-bond acceptors (Lipinski definition) is 6. The number of amides is 1. The van der Waals surface area contributed by atoms with Gasteiger partial charge in [-0.25, -0.2) is 8.42 Å². The molecule has 0 fully saturated rings. The lowest BCUT2D eigenvalue weighted by molar-refractivity contribution is -0.130. The number of nitrogens with zero attached hydrogens (tertiary/aromatic N) is 1. The van der Waals surface area contributed by atoms with Crippen LogP contribution in [0.2, 0.25) is 0 Å². The molecule has 0 saturated heterocycles. The molecule has 144 valence electrons. The van der Waals surface area contributed by atoms with E-state index in [9.17, 15) is 13.2 Å². The van der Waals surface area contributed by atoms with E-state index in [2.05, 4.69) is 4.72 Å². The Labute approximate surface area is 157 Å². The third kappa shape index (κ3) is 4.62. The average Bonchev–Trinajstić information content (AvgIpc) is 2.66. The molecular formula is C18H20N2O6S. The first kappa shape index (κ1) is 18.8. The molecule has 0 unspecified atom stereocenters. The Hall–Kier alpha value is -2.94. The summed E-state index contributed by atoms with van der Waals surface area (Å²) in [6.07, 6.45) is 0. The summed E-state index contributed by atoms with van der Waals surface area (Å²) in [5, 5.41) is 0. The zero-order valence-electron chi connectivity index (χ0n) is 15.0. The van der Waals surface area contributed by atoms with E-state index in [1.165, 1.54) is 29.2 Å². The largest absolute Gasteiger partial charge is 0.486 e. The van der Waals surface area contributed by atoms with Gasteiger partial charge in [-0.2, -0.15) is 0 Å². The number of fused-ring (bicyclic) bond motifs is 1. The van der Waals surface area contributed by atoms with Gasteiger partial charge >= 0.3 is 0 Å². The Morgan fingerprint density at radius 3 is 2.41 bits per heavy atom. The number of ether oxygens (including phenoxy) is 3. The second kappa shape index (κ2) is 7.75. The molecule has 3 rings (SSSR count). The number of carbonyl (C=O) groups excluding carboxylic acids is 1. The van der Waals surface area contributed by atoms with E-state index in [-0.39, 0.29) is 17.4 Å². The van der Waals surface area contributed by atoms with Crippen LogP contribution in [0.1, 0.15) is 0 Å². The highest BCUT2D eigenvalue weighted by molar-refractivity contribution is 7.92. The zero-order chi connectivity index (χ0) is 19.4. The van der Waals surface area contributed by atoms with Gasteiger partial charge in [-0.15, -0.1) is 0 Å². The fourth-order valence-electron chi connectivity index (χ4n) is 2.31. The fourth-order valence-corrected chi connectivity index (χ4v) is 3.36. The average molecular weight is 392 g/mol. The Kier molecular flexibility index (Phi) is 5.41. The van der Waals surface area contributed by atoms with E-state index in [4.69, 9.17) is 14.2 Å². The summed E-state index contributed by atoms with van der Waals surface area (Å²) in [5.74, 6) is 1.30. The van der Waals surface area contributed by atoms with E-state index in [1.54, 1.807) is 32.3 Å². The molecule has 0 spiro atoms. The molecule has 2 aromatic carbocycles. The molecule has 27 heavy (non-hydrogen) atoms. The maximum atomic E-state index is 12.6. The summed E-state index contributed by atoms with van der Waals surface area (Å²) in [6, 6.07) is 10.7. The summed E-state index contributed by atoms with van der Waals surface area (Å²) in [5.41, 5.74) is 0.371. The van der Waals surface area contributed by atoms with Gasteiger partial charge in [0.05, 0.1) is 10.6 Å². The van der Waals surface area contributed by atoms with Crippen LogP contribution in [-0.4, -0.2) is 53.1 Å². The first-order valence-electron chi connectivity index (χ1n) is 8.21. The van der Waals surface area contributed by atoms with Crippen LogP contribution in [0.4, 0.5) is 5.69 Å². The molecule has 1 amide bonds. The van der Waals surface area contributed by atoms with Crippen molar-refractivity contribution >= 4 is 21.6 Å². The van der Waals surface area contributed by atoms with Crippen molar-refractivity contribution in [1.29, 1.82) is 0 Å². The quantitative estimate of drug-likeness (QED) is 0.805. The number of nitrogens with one attached hydrogen (secondary N) is 1. The van der Waals surface area contributed by atoms with Crippen molar-refractivity contribution in [2.24, 2.45) is 0 Å². The van der Waals surface area contributed by atoms with E-state index < -0.39 is 10.0 Å². The number of sulfonamides is 1. The minimum Gasteiger partial charge on any atom is -0.486 e. The minimum absolute atomic E-state index is 0.0728. The molecule has 1 heterocycles. The van der Waals surface area contributed by atoms with Crippen molar-refractivity contribution < 1.29 is 27.4 Å². The molecule has 0 atom stereocenters. The minimum atomic E-state index is -3.78. The smallest absolute Gasteiger partial charge is 0.261 e. The van der Waals surface area contributed by atoms with Crippen LogP contribution in [0.3, 0.4) is 0 Å². The first-order chi connectivity index (χ1) is 12.8. The van der Waals surface area contributed by atoms with E-state index in [1.807, 2.05) is 0 Å². The van der Waals surface area contributed by atoms with Gasteiger partial charge in [0.2, 0.25) is 0 Å². The number of hydrogen-bond donors (Lipinski definition) is 1. The molecule has 2 aromatic rings. The Morgan fingerprint density at radius 2 is 1.74 bits per heavy atom. The number of anilines is 1. The van der Waals surface area contributed by atoms with Crippen molar-refractivity contribution in [2.75, 3.05) is 38.6 Å². The predicted octanol–water partition coefficient (Wildman–Crippen LogP) is 1.73. The third-order valence-electron chi connectivity index (χ3n) is 3.79.